The highest BCUT2D eigenvalue weighted by Crippen LogP contribution is 2.26. The highest BCUT2D eigenvalue weighted by Gasteiger charge is 2.07. The van der Waals surface area contributed by atoms with Gasteiger partial charge in [0.15, 0.2) is 5.82 Å². The summed E-state index contributed by atoms with van der Waals surface area (Å²) in [6.45, 7) is 0. The van der Waals surface area contributed by atoms with Crippen molar-refractivity contribution in [3.8, 4) is 22.3 Å². The third-order valence-electron chi connectivity index (χ3n) is 2.39. The third kappa shape index (κ3) is 2.38. The summed E-state index contributed by atoms with van der Waals surface area (Å²) in [5.74, 6) is 1.47. The molecular weight excluding hydrogens is 244 g/mol. The van der Waals surface area contributed by atoms with Crippen LogP contribution >= 0.6 is 11.5 Å². The number of nitrogens with zero attached hydrogens (tertiary/aromatic N) is 2. The summed E-state index contributed by atoms with van der Waals surface area (Å²) in [6.07, 6.45) is 0. The van der Waals surface area contributed by atoms with Crippen LogP contribution < -0.4 is 4.74 Å². The largest absolute Gasteiger partial charge is 0.430 e. The van der Waals surface area contributed by atoms with Gasteiger partial charge in [-0.25, -0.2) is 0 Å². The van der Waals surface area contributed by atoms with E-state index in [2.05, 4.69) is 9.36 Å². The minimum atomic E-state index is 0.556. The van der Waals surface area contributed by atoms with Crippen molar-refractivity contribution in [1.82, 2.24) is 9.36 Å². The summed E-state index contributed by atoms with van der Waals surface area (Å²) in [4.78, 5) is 4.36. The Balaban J connectivity index is 1.82. The maximum absolute atomic E-state index is 5.63. The molecule has 0 radical (unpaired) electrons. The van der Waals surface area contributed by atoms with Crippen molar-refractivity contribution in [2.24, 2.45) is 0 Å². The highest BCUT2D eigenvalue weighted by molar-refractivity contribution is 7.07. The molecule has 0 aliphatic carbocycles. The molecule has 3 rings (SSSR count). The Kier molecular flexibility index (Phi) is 3.02. The van der Waals surface area contributed by atoms with Crippen LogP contribution in [0.3, 0.4) is 0 Å². The summed E-state index contributed by atoms with van der Waals surface area (Å²) in [7, 11) is 0. The molecule has 2 aromatic carbocycles. The third-order valence-corrected chi connectivity index (χ3v) is 2.98. The molecule has 1 aromatic heterocycles. The second kappa shape index (κ2) is 4.98. The van der Waals surface area contributed by atoms with Crippen LogP contribution in [-0.2, 0) is 0 Å². The van der Waals surface area contributed by atoms with Crippen molar-refractivity contribution in [2.75, 3.05) is 0 Å². The topological polar surface area (TPSA) is 35.0 Å². The zero-order chi connectivity index (χ0) is 12.2. The quantitative estimate of drug-likeness (QED) is 0.708. The first-order chi connectivity index (χ1) is 8.92. The average Bonchev–Trinajstić information content (AvgIpc) is 2.89. The number of para-hydroxylation sites is 1. The number of hydrogen-bond acceptors (Lipinski definition) is 4. The molecule has 0 aliphatic heterocycles. The lowest BCUT2D eigenvalue weighted by molar-refractivity contribution is 0.479. The fourth-order valence-corrected chi connectivity index (χ4v) is 2.12. The molecule has 0 saturated heterocycles. The Morgan fingerprint density at radius 1 is 0.833 bits per heavy atom. The minimum Gasteiger partial charge on any atom is -0.430 e. The van der Waals surface area contributed by atoms with E-state index in [-0.39, 0.29) is 0 Å². The molecule has 4 heteroatoms. The van der Waals surface area contributed by atoms with Gasteiger partial charge in [-0.05, 0) is 12.1 Å². The summed E-state index contributed by atoms with van der Waals surface area (Å²) in [6, 6.07) is 19.4. The van der Waals surface area contributed by atoms with Crippen molar-refractivity contribution < 1.29 is 4.74 Å². The van der Waals surface area contributed by atoms with Gasteiger partial charge in [-0.2, -0.15) is 9.36 Å². The molecule has 0 fully saturated rings. The first kappa shape index (κ1) is 10.9. The minimum absolute atomic E-state index is 0.556. The van der Waals surface area contributed by atoms with E-state index in [1.165, 1.54) is 11.5 Å². The average molecular weight is 254 g/mol. The fraction of sp³-hybridized carbons (Fsp3) is 0. The molecule has 0 aliphatic rings. The SMILES string of the molecule is c1ccc(Oc2nc(-c3ccccc3)ns2)cc1. The standard InChI is InChI=1S/C14H10N2OS/c1-3-7-11(8-4-1)13-15-14(18-16-13)17-12-9-5-2-6-10-12/h1-10H. The van der Waals surface area contributed by atoms with Gasteiger partial charge in [0, 0.05) is 17.1 Å². The van der Waals surface area contributed by atoms with Crippen molar-refractivity contribution in [2.45, 2.75) is 0 Å². The van der Waals surface area contributed by atoms with Crippen LogP contribution in [0.25, 0.3) is 11.4 Å². The van der Waals surface area contributed by atoms with Crippen molar-refractivity contribution in [3.05, 3.63) is 60.7 Å². The lowest BCUT2D eigenvalue weighted by Crippen LogP contribution is -1.83. The van der Waals surface area contributed by atoms with Gasteiger partial charge < -0.3 is 4.74 Å². The predicted molar refractivity (Wildman–Crippen MR) is 71.9 cm³/mol. The van der Waals surface area contributed by atoms with Crippen molar-refractivity contribution in [1.29, 1.82) is 0 Å². The fourth-order valence-electron chi connectivity index (χ4n) is 1.54. The van der Waals surface area contributed by atoms with Crippen LogP contribution in [0.15, 0.2) is 60.7 Å². The molecule has 0 unspecified atom stereocenters. The molecule has 0 spiro atoms. The maximum atomic E-state index is 5.63. The summed E-state index contributed by atoms with van der Waals surface area (Å²) in [5.41, 5.74) is 0.997. The Hall–Kier alpha value is -2.20. The lowest BCUT2D eigenvalue weighted by atomic mass is 10.2. The number of benzene rings is 2. The molecule has 18 heavy (non-hydrogen) atoms. The normalized spacial score (nSPS) is 10.2. The first-order valence-corrected chi connectivity index (χ1v) is 6.31. The molecule has 3 aromatic rings. The van der Waals surface area contributed by atoms with E-state index in [4.69, 9.17) is 4.74 Å². The Labute approximate surface area is 109 Å². The molecule has 1 heterocycles. The van der Waals surface area contributed by atoms with Gasteiger partial charge in [0.2, 0.25) is 0 Å². The van der Waals surface area contributed by atoms with E-state index in [9.17, 15) is 0 Å². The zero-order valence-corrected chi connectivity index (χ0v) is 10.3. The number of aromatic nitrogens is 2. The van der Waals surface area contributed by atoms with Crippen LogP contribution in [0, 0.1) is 0 Å². The summed E-state index contributed by atoms with van der Waals surface area (Å²) < 4.78 is 9.91. The van der Waals surface area contributed by atoms with Crippen LogP contribution in [0.4, 0.5) is 0 Å². The molecule has 0 atom stereocenters. The van der Waals surface area contributed by atoms with Crippen molar-refractivity contribution >= 4 is 11.5 Å². The van der Waals surface area contributed by atoms with Gasteiger partial charge >= 0.3 is 0 Å². The predicted octanol–water partition coefficient (Wildman–Crippen LogP) is 4.00. The molecule has 3 nitrogen and oxygen atoms in total. The Morgan fingerprint density at radius 2 is 1.50 bits per heavy atom. The molecule has 88 valence electrons. The van der Waals surface area contributed by atoms with E-state index in [0.717, 1.165) is 11.3 Å². The molecule has 0 amide bonds. The van der Waals surface area contributed by atoms with Crippen LogP contribution in [0.2, 0.25) is 0 Å². The van der Waals surface area contributed by atoms with Gasteiger partial charge in [0.25, 0.3) is 5.19 Å². The van der Waals surface area contributed by atoms with E-state index in [0.29, 0.717) is 11.0 Å². The first-order valence-electron chi connectivity index (χ1n) is 5.54. The molecule has 0 saturated carbocycles. The van der Waals surface area contributed by atoms with Crippen LogP contribution in [0.1, 0.15) is 0 Å². The van der Waals surface area contributed by atoms with Gasteiger partial charge in [0.1, 0.15) is 5.75 Å². The van der Waals surface area contributed by atoms with Gasteiger partial charge in [-0.1, -0.05) is 48.5 Å². The van der Waals surface area contributed by atoms with Crippen LogP contribution in [-0.4, -0.2) is 9.36 Å². The van der Waals surface area contributed by atoms with Gasteiger partial charge in [-0.15, -0.1) is 0 Å². The van der Waals surface area contributed by atoms with Gasteiger partial charge in [-0.3, -0.25) is 0 Å². The summed E-state index contributed by atoms with van der Waals surface area (Å²) >= 11 is 1.26. The molecular formula is C14H10N2OS. The molecule has 0 N–H and O–H groups in total. The van der Waals surface area contributed by atoms with Gasteiger partial charge in [0.05, 0.1) is 0 Å². The molecule has 0 bridgehead atoms. The van der Waals surface area contributed by atoms with Crippen LogP contribution in [0.5, 0.6) is 10.9 Å². The number of hydrogen-bond donors (Lipinski definition) is 0. The number of ether oxygens (including phenoxy) is 1. The summed E-state index contributed by atoms with van der Waals surface area (Å²) in [5, 5.41) is 0.556. The maximum Gasteiger partial charge on any atom is 0.299 e. The Bertz CT molecular complexity index is 623. The monoisotopic (exact) mass is 254 g/mol. The highest BCUT2D eigenvalue weighted by atomic mass is 32.1. The van der Waals surface area contributed by atoms with E-state index in [1.807, 2.05) is 60.7 Å². The van der Waals surface area contributed by atoms with E-state index in [1.54, 1.807) is 0 Å². The lowest BCUT2D eigenvalue weighted by Gasteiger charge is -1.98. The van der Waals surface area contributed by atoms with E-state index >= 15 is 0 Å². The van der Waals surface area contributed by atoms with Crippen molar-refractivity contribution in [3.63, 3.8) is 0 Å². The second-order valence-electron chi connectivity index (χ2n) is 3.67. The second-order valence-corrected chi connectivity index (χ2v) is 4.38. The Morgan fingerprint density at radius 3 is 2.22 bits per heavy atom. The zero-order valence-electron chi connectivity index (χ0n) is 9.48. The van der Waals surface area contributed by atoms with E-state index < -0.39 is 0 Å². The number of rotatable bonds is 3. The smallest absolute Gasteiger partial charge is 0.299 e.